The lowest BCUT2D eigenvalue weighted by atomic mass is 10.1. The number of nitrogens with zero attached hydrogens (tertiary/aromatic N) is 2. The topological polar surface area (TPSA) is 35.6 Å². The molecule has 4 heteroatoms. The molecule has 1 saturated carbocycles. The summed E-state index contributed by atoms with van der Waals surface area (Å²) in [7, 11) is 0. The third-order valence-electron chi connectivity index (χ3n) is 4.83. The van der Waals surface area contributed by atoms with Crippen molar-refractivity contribution in [3.63, 3.8) is 0 Å². The summed E-state index contributed by atoms with van der Waals surface area (Å²) in [6.45, 7) is 6.72. The number of aryl methyl sites for hydroxylation is 1. The Kier molecular flexibility index (Phi) is 4.98. The van der Waals surface area contributed by atoms with Crippen molar-refractivity contribution >= 4 is 6.03 Å². The molecule has 22 heavy (non-hydrogen) atoms. The second kappa shape index (κ2) is 7.14. The SMILES string of the molecule is Cc1cccc(CN2CCN(C(=O)NC3CCCC3)CC2)c1. The fraction of sp³-hybridized carbons (Fsp3) is 0.611. The number of urea groups is 1. The van der Waals surface area contributed by atoms with Crippen molar-refractivity contribution < 1.29 is 4.79 Å². The second-order valence-corrected chi connectivity index (χ2v) is 6.68. The first-order chi connectivity index (χ1) is 10.7. The lowest BCUT2D eigenvalue weighted by Crippen LogP contribution is -2.52. The summed E-state index contributed by atoms with van der Waals surface area (Å²) in [4.78, 5) is 16.7. The van der Waals surface area contributed by atoms with Crippen LogP contribution in [0.1, 0.15) is 36.8 Å². The minimum atomic E-state index is 0.141. The molecule has 3 rings (SSSR count). The van der Waals surface area contributed by atoms with Crippen LogP contribution in [-0.4, -0.2) is 48.1 Å². The molecule has 1 saturated heterocycles. The number of piperazine rings is 1. The van der Waals surface area contributed by atoms with E-state index in [0.29, 0.717) is 6.04 Å². The molecule has 0 unspecified atom stereocenters. The lowest BCUT2D eigenvalue weighted by molar-refractivity contribution is 0.133. The van der Waals surface area contributed by atoms with Gasteiger partial charge in [0.2, 0.25) is 0 Å². The van der Waals surface area contributed by atoms with Crippen LogP contribution >= 0.6 is 0 Å². The number of nitrogens with one attached hydrogen (secondary N) is 1. The van der Waals surface area contributed by atoms with E-state index in [9.17, 15) is 4.79 Å². The molecule has 1 N–H and O–H groups in total. The molecule has 2 fully saturated rings. The molecule has 4 nitrogen and oxygen atoms in total. The smallest absolute Gasteiger partial charge is 0.317 e. The van der Waals surface area contributed by atoms with Crippen molar-refractivity contribution in [2.45, 2.75) is 45.2 Å². The molecular weight excluding hydrogens is 274 g/mol. The van der Waals surface area contributed by atoms with Crippen LogP contribution in [0.5, 0.6) is 0 Å². The Morgan fingerprint density at radius 2 is 1.91 bits per heavy atom. The molecule has 120 valence electrons. The normalized spacial score (nSPS) is 20.3. The summed E-state index contributed by atoms with van der Waals surface area (Å²) < 4.78 is 0. The van der Waals surface area contributed by atoms with Crippen LogP contribution in [0.15, 0.2) is 24.3 Å². The van der Waals surface area contributed by atoms with Gasteiger partial charge in [-0.2, -0.15) is 0 Å². The first-order valence-electron chi connectivity index (χ1n) is 8.54. The van der Waals surface area contributed by atoms with Crippen LogP contribution in [0.4, 0.5) is 4.79 Å². The highest BCUT2D eigenvalue weighted by molar-refractivity contribution is 5.74. The summed E-state index contributed by atoms with van der Waals surface area (Å²) in [6.07, 6.45) is 4.82. The maximum Gasteiger partial charge on any atom is 0.317 e. The minimum absolute atomic E-state index is 0.141. The van der Waals surface area contributed by atoms with E-state index >= 15 is 0 Å². The Hall–Kier alpha value is -1.55. The van der Waals surface area contributed by atoms with Gasteiger partial charge in [-0.25, -0.2) is 4.79 Å². The highest BCUT2D eigenvalue weighted by Gasteiger charge is 2.24. The number of carbonyl (C=O) groups is 1. The minimum Gasteiger partial charge on any atom is -0.335 e. The van der Waals surface area contributed by atoms with Crippen molar-refractivity contribution in [2.24, 2.45) is 0 Å². The van der Waals surface area contributed by atoms with E-state index in [0.717, 1.165) is 45.6 Å². The second-order valence-electron chi connectivity index (χ2n) is 6.68. The van der Waals surface area contributed by atoms with Crippen LogP contribution in [0.3, 0.4) is 0 Å². The zero-order valence-corrected chi connectivity index (χ0v) is 13.6. The molecule has 0 bridgehead atoms. The van der Waals surface area contributed by atoms with Crippen molar-refractivity contribution in [2.75, 3.05) is 26.2 Å². The number of rotatable bonds is 3. The monoisotopic (exact) mass is 301 g/mol. The van der Waals surface area contributed by atoms with Crippen molar-refractivity contribution in [1.29, 1.82) is 0 Å². The maximum absolute atomic E-state index is 12.3. The highest BCUT2D eigenvalue weighted by Crippen LogP contribution is 2.18. The van der Waals surface area contributed by atoms with E-state index < -0.39 is 0 Å². The molecule has 1 aliphatic carbocycles. The number of amides is 2. The quantitative estimate of drug-likeness (QED) is 0.932. The summed E-state index contributed by atoms with van der Waals surface area (Å²) >= 11 is 0. The predicted molar refractivity (Wildman–Crippen MR) is 88.8 cm³/mol. The van der Waals surface area contributed by atoms with Gasteiger partial charge in [-0.15, -0.1) is 0 Å². The standard InChI is InChI=1S/C18H27N3O/c1-15-5-4-6-16(13-15)14-20-9-11-21(12-10-20)18(22)19-17-7-2-3-8-17/h4-6,13,17H,2-3,7-12,14H2,1H3,(H,19,22). The average Bonchev–Trinajstić information content (AvgIpc) is 3.01. The van der Waals surface area contributed by atoms with Gasteiger partial charge >= 0.3 is 6.03 Å². The first-order valence-corrected chi connectivity index (χ1v) is 8.54. The molecular formula is C18H27N3O. The number of benzene rings is 1. The van der Waals surface area contributed by atoms with Crippen molar-refractivity contribution in [3.8, 4) is 0 Å². The number of carbonyl (C=O) groups excluding carboxylic acids is 1. The van der Waals surface area contributed by atoms with Crippen LogP contribution in [0.2, 0.25) is 0 Å². The van der Waals surface area contributed by atoms with Gasteiger partial charge in [0.15, 0.2) is 0 Å². The van der Waals surface area contributed by atoms with E-state index in [2.05, 4.69) is 41.4 Å². The molecule has 1 aromatic carbocycles. The number of hydrogen-bond donors (Lipinski definition) is 1. The van der Waals surface area contributed by atoms with Crippen LogP contribution < -0.4 is 5.32 Å². The van der Waals surface area contributed by atoms with Crippen molar-refractivity contribution in [1.82, 2.24) is 15.1 Å². The molecule has 1 heterocycles. The van der Waals surface area contributed by atoms with E-state index in [4.69, 9.17) is 0 Å². The van der Waals surface area contributed by atoms with E-state index in [1.165, 1.54) is 24.0 Å². The van der Waals surface area contributed by atoms with E-state index in [1.54, 1.807) is 0 Å². The molecule has 1 aliphatic heterocycles. The van der Waals surface area contributed by atoms with Crippen LogP contribution in [0.25, 0.3) is 0 Å². The van der Waals surface area contributed by atoms with Gasteiger partial charge in [-0.3, -0.25) is 4.90 Å². The Morgan fingerprint density at radius 3 is 2.59 bits per heavy atom. The summed E-state index contributed by atoms with van der Waals surface area (Å²) in [5.74, 6) is 0. The summed E-state index contributed by atoms with van der Waals surface area (Å²) in [5.41, 5.74) is 2.68. The van der Waals surface area contributed by atoms with Gasteiger partial charge in [-0.1, -0.05) is 42.7 Å². The molecule has 1 aromatic rings. The van der Waals surface area contributed by atoms with E-state index in [-0.39, 0.29) is 6.03 Å². The Morgan fingerprint density at radius 1 is 1.18 bits per heavy atom. The Labute approximate surface area is 133 Å². The zero-order valence-electron chi connectivity index (χ0n) is 13.6. The van der Waals surface area contributed by atoms with E-state index in [1.807, 2.05) is 4.90 Å². The van der Waals surface area contributed by atoms with Crippen LogP contribution in [-0.2, 0) is 6.54 Å². The molecule has 2 aliphatic rings. The van der Waals surface area contributed by atoms with Gasteiger partial charge in [0.1, 0.15) is 0 Å². The molecule has 0 atom stereocenters. The Balaban J connectivity index is 1.44. The van der Waals surface area contributed by atoms with Gasteiger partial charge < -0.3 is 10.2 Å². The van der Waals surface area contributed by atoms with Gasteiger partial charge in [0.05, 0.1) is 0 Å². The van der Waals surface area contributed by atoms with Gasteiger partial charge in [0, 0.05) is 38.8 Å². The third kappa shape index (κ3) is 4.01. The molecule has 0 radical (unpaired) electrons. The zero-order chi connectivity index (χ0) is 15.4. The van der Waals surface area contributed by atoms with Gasteiger partial charge in [0.25, 0.3) is 0 Å². The van der Waals surface area contributed by atoms with Gasteiger partial charge in [-0.05, 0) is 25.3 Å². The predicted octanol–water partition coefficient (Wildman–Crippen LogP) is 2.76. The number of hydrogen-bond acceptors (Lipinski definition) is 2. The lowest BCUT2D eigenvalue weighted by Gasteiger charge is -2.35. The first kappa shape index (κ1) is 15.3. The fourth-order valence-corrected chi connectivity index (χ4v) is 3.51. The maximum atomic E-state index is 12.3. The Bertz CT molecular complexity index is 503. The van der Waals surface area contributed by atoms with Crippen LogP contribution in [0, 0.1) is 6.92 Å². The average molecular weight is 301 g/mol. The highest BCUT2D eigenvalue weighted by atomic mass is 16.2. The molecule has 2 amide bonds. The largest absolute Gasteiger partial charge is 0.335 e. The third-order valence-corrected chi connectivity index (χ3v) is 4.83. The summed E-state index contributed by atoms with van der Waals surface area (Å²) in [5, 5.41) is 3.19. The fourth-order valence-electron chi connectivity index (χ4n) is 3.51. The molecule has 0 aromatic heterocycles. The van der Waals surface area contributed by atoms with Crippen molar-refractivity contribution in [3.05, 3.63) is 35.4 Å². The molecule has 0 spiro atoms. The summed E-state index contributed by atoms with van der Waals surface area (Å²) in [6, 6.07) is 9.25.